The van der Waals surface area contributed by atoms with Crippen molar-refractivity contribution in [2.24, 2.45) is 0 Å². The zero-order valence-corrected chi connectivity index (χ0v) is 16.1. The van der Waals surface area contributed by atoms with Crippen LogP contribution in [0, 0.1) is 13.8 Å². The van der Waals surface area contributed by atoms with Crippen LogP contribution in [0.5, 0.6) is 0 Å². The minimum absolute atomic E-state index is 0.0875. The third-order valence-corrected chi connectivity index (χ3v) is 5.60. The molecule has 1 aromatic rings. The van der Waals surface area contributed by atoms with Crippen molar-refractivity contribution in [2.45, 2.75) is 78.0 Å². The highest BCUT2D eigenvalue weighted by molar-refractivity contribution is 5.92. The lowest BCUT2D eigenvalue weighted by Gasteiger charge is -2.34. The van der Waals surface area contributed by atoms with Crippen LogP contribution in [0.4, 0.5) is 0 Å². The summed E-state index contributed by atoms with van der Waals surface area (Å²) in [5, 5.41) is 0. The monoisotopic (exact) mass is 344 g/mol. The molecule has 0 unspecified atom stereocenters. The summed E-state index contributed by atoms with van der Waals surface area (Å²) in [5.41, 5.74) is 3.77. The molecule has 0 spiro atoms. The Morgan fingerprint density at radius 1 is 1.12 bits per heavy atom. The van der Waals surface area contributed by atoms with Crippen LogP contribution in [-0.2, 0) is 9.53 Å². The molecule has 2 heterocycles. The van der Waals surface area contributed by atoms with E-state index in [0.29, 0.717) is 19.1 Å². The average Bonchev–Trinajstić information content (AvgIpc) is 2.86. The number of hydrogen-bond acceptors (Lipinski definition) is 2. The topological polar surface area (TPSA) is 34.5 Å². The van der Waals surface area contributed by atoms with Gasteiger partial charge in [0, 0.05) is 36.6 Å². The molecule has 0 radical (unpaired) electrons. The molecule has 4 heteroatoms. The van der Waals surface area contributed by atoms with Gasteiger partial charge >= 0.3 is 0 Å². The molecule has 138 valence electrons. The minimum Gasteiger partial charge on any atom is -0.372 e. The van der Waals surface area contributed by atoms with Crippen molar-refractivity contribution >= 4 is 12.0 Å². The number of hydrogen-bond donors (Lipinski definition) is 0. The summed E-state index contributed by atoms with van der Waals surface area (Å²) in [6.07, 6.45) is 10.5. The molecule has 3 rings (SSSR count). The lowest BCUT2D eigenvalue weighted by Crippen LogP contribution is -2.47. The number of amides is 1. The predicted octanol–water partition coefficient (Wildman–Crippen LogP) is 4.26. The lowest BCUT2D eigenvalue weighted by molar-refractivity contribution is -0.137. The molecular weight excluding hydrogens is 312 g/mol. The van der Waals surface area contributed by atoms with Crippen molar-refractivity contribution in [2.75, 3.05) is 13.1 Å². The first kappa shape index (κ1) is 18.2. The fourth-order valence-corrected chi connectivity index (χ4v) is 4.50. The minimum atomic E-state index is 0.0875. The van der Waals surface area contributed by atoms with E-state index in [1.54, 1.807) is 6.08 Å². The Kier molecular flexibility index (Phi) is 5.67. The number of ether oxygens (including phenoxy) is 1. The van der Waals surface area contributed by atoms with Gasteiger partial charge in [0.15, 0.2) is 0 Å². The predicted molar refractivity (Wildman–Crippen MR) is 102 cm³/mol. The maximum Gasteiger partial charge on any atom is 0.246 e. The molecule has 1 aromatic heterocycles. The summed E-state index contributed by atoms with van der Waals surface area (Å²) in [7, 11) is 0. The van der Waals surface area contributed by atoms with Crippen LogP contribution in [0.25, 0.3) is 6.08 Å². The third kappa shape index (κ3) is 4.17. The van der Waals surface area contributed by atoms with Gasteiger partial charge in [-0.2, -0.15) is 0 Å². The summed E-state index contributed by atoms with van der Waals surface area (Å²) in [4.78, 5) is 14.4. The molecule has 25 heavy (non-hydrogen) atoms. The largest absolute Gasteiger partial charge is 0.372 e. The van der Waals surface area contributed by atoms with Crippen LogP contribution in [0.2, 0.25) is 0 Å². The molecule has 4 nitrogen and oxygen atoms in total. The molecule has 1 aliphatic carbocycles. The normalized spacial score (nSPS) is 25.7. The van der Waals surface area contributed by atoms with Crippen LogP contribution in [0.3, 0.4) is 0 Å². The van der Waals surface area contributed by atoms with Gasteiger partial charge in [-0.15, -0.1) is 0 Å². The summed E-state index contributed by atoms with van der Waals surface area (Å²) >= 11 is 0. The maximum atomic E-state index is 12.5. The highest BCUT2D eigenvalue weighted by Crippen LogP contribution is 2.32. The van der Waals surface area contributed by atoms with Crippen molar-refractivity contribution in [1.29, 1.82) is 0 Å². The first-order valence-corrected chi connectivity index (χ1v) is 9.76. The highest BCUT2D eigenvalue weighted by atomic mass is 16.5. The van der Waals surface area contributed by atoms with Crippen LogP contribution < -0.4 is 0 Å². The fourth-order valence-electron chi connectivity index (χ4n) is 4.50. The van der Waals surface area contributed by atoms with E-state index in [0.717, 1.165) is 0 Å². The summed E-state index contributed by atoms with van der Waals surface area (Å²) in [6, 6.07) is 2.85. The molecule has 1 saturated carbocycles. The average molecular weight is 344 g/mol. The van der Waals surface area contributed by atoms with Gasteiger partial charge in [-0.3, -0.25) is 4.79 Å². The van der Waals surface area contributed by atoms with Crippen molar-refractivity contribution in [3.63, 3.8) is 0 Å². The summed E-state index contributed by atoms with van der Waals surface area (Å²) < 4.78 is 8.20. The van der Waals surface area contributed by atoms with Gasteiger partial charge in [0.25, 0.3) is 0 Å². The zero-order valence-electron chi connectivity index (χ0n) is 16.1. The van der Waals surface area contributed by atoms with Gasteiger partial charge in [-0.05, 0) is 58.2 Å². The molecule has 0 bridgehead atoms. The second kappa shape index (κ2) is 7.77. The molecule has 1 aliphatic heterocycles. The number of carbonyl (C=O) groups excluding carboxylic acids is 1. The van der Waals surface area contributed by atoms with Crippen molar-refractivity contribution in [3.8, 4) is 0 Å². The van der Waals surface area contributed by atoms with E-state index in [-0.39, 0.29) is 18.1 Å². The number of carbonyl (C=O) groups is 1. The van der Waals surface area contributed by atoms with Gasteiger partial charge < -0.3 is 14.2 Å². The molecule has 2 fully saturated rings. The number of rotatable bonds is 3. The van der Waals surface area contributed by atoms with E-state index in [9.17, 15) is 4.79 Å². The van der Waals surface area contributed by atoms with Crippen molar-refractivity contribution in [3.05, 3.63) is 29.1 Å². The van der Waals surface area contributed by atoms with E-state index in [2.05, 4.69) is 24.5 Å². The lowest BCUT2D eigenvalue weighted by atomic mass is 9.95. The Bertz CT molecular complexity index is 631. The number of aryl methyl sites for hydroxylation is 1. The molecule has 0 aromatic carbocycles. The van der Waals surface area contributed by atoms with E-state index in [1.165, 1.54) is 49.1 Å². The standard InChI is InChI=1S/C21H32N2O2/c1-15-12-19(18(4)23(15)20-8-6-5-7-9-20)10-11-21(24)22-13-16(2)25-17(3)14-22/h10-12,16-17,20H,5-9,13-14H2,1-4H3/b11-10+/t16-,17+. The highest BCUT2D eigenvalue weighted by Gasteiger charge is 2.25. The Balaban J connectivity index is 1.72. The second-order valence-corrected chi connectivity index (χ2v) is 7.82. The van der Waals surface area contributed by atoms with Crippen LogP contribution in [0.1, 0.15) is 68.9 Å². The van der Waals surface area contributed by atoms with E-state index < -0.39 is 0 Å². The number of aromatic nitrogens is 1. The second-order valence-electron chi connectivity index (χ2n) is 7.82. The maximum absolute atomic E-state index is 12.5. The smallest absolute Gasteiger partial charge is 0.246 e. The SMILES string of the molecule is Cc1cc(/C=C/C(=O)N2C[C@@H](C)O[C@@H](C)C2)c(C)n1C1CCCCC1. The van der Waals surface area contributed by atoms with Crippen molar-refractivity contribution < 1.29 is 9.53 Å². The Hall–Kier alpha value is -1.55. The summed E-state index contributed by atoms with van der Waals surface area (Å²) in [6.45, 7) is 9.77. The molecule has 0 N–H and O–H groups in total. The zero-order chi connectivity index (χ0) is 18.0. The van der Waals surface area contributed by atoms with E-state index in [4.69, 9.17) is 4.74 Å². The molecular formula is C21H32N2O2. The van der Waals surface area contributed by atoms with E-state index in [1.807, 2.05) is 24.8 Å². The molecule has 2 atom stereocenters. The van der Waals surface area contributed by atoms with Crippen LogP contribution >= 0.6 is 0 Å². The number of nitrogens with zero attached hydrogens (tertiary/aromatic N) is 2. The van der Waals surface area contributed by atoms with Crippen molar-refractivity contribution in [1.82, 2.24) is 9.47 Å². The third-order valence-electron chi connectivity index (χ3n) is 5.60. The summed E-state index contributed by atoms with van der Waals surface area (Å²) in [5.74, 6) is 0.0875. The van der Waals surface area contributed by atoms with Gasteiger partial charge in [0.2, 0.25) is 5.91 Å². The Morgan fingerprint density at radius 2 is 1.76 bits per heavy atom. The quantitative estimate of drug-likeness (QED) is 0.768. The van der Waals surface area contributed by atoms with Gasteiger partial charge in [-0.1, -0.05) is 19.3 Å². The first-order valence-electron chi connectivity index (χ1n) is 9.76. The molecule has 2 aliphatic rings. The van der Waals surface area contributed by atoms with Gasteiger partial charge in [0.1, 0.15) is 0 Å². The van der Waals surface area contributed by atoms with Crippen LogP contribution in [-0.4, -0.2) is 40.7 Å². The van der Waals surface area contributed by atoms with E-state index >= 15 is 0 Å². The molecule has 1 saturated heterocycles. The van der Waals surface area contributed by atoms with Gasteiger partial charge in [-0.25, -0.2) is 0 Å². The first-order chi connectivity index (χ1) is 12.0. The Morgan fingerprint density at radius 3 is 2.40 bits per heavy atom. The molecule has 1 amide bonds. The number of morpholine rings is 1. The van der Waals surface area contributed by atoms with Crippen LogP contribution in [0.15, 0.2) is 12.1 Å². The fraction of sp³-hybridized carbons (Fsp3) is 0.667. The Labute approximate surface area is 151 Å². The van der Waals surface area contributed by atoms with Gasteiger partial charge in [0.05, 0.1) is 12.2 Å².